The standard InChI is InChI=1S/C22H19ClN2O5S/c1-2-28-17-9-5-15(6-10-17)20-25-22(21(30-20)24-14-18-4-3-13-29-18)31(26,27)19-11-7-16(23)8-12-19/h3-13,24H,2,14H2,1H3. The lowest BCUT2D eigenvalue weighted by Crippen LogP contribution is -2.07. The number of ether oxygens (including phenoxy) is 1. The zero-order chi connectivity index (χ0) is 21.8. The van der Waals surface area contributed by atoms with Crippen LogP contribution in [0.25, 0.3) is 11.5 Å². The second kappa shape index (κ2) is 8.87. The number of oxazole rings is 1. The topological polar surface area (TPSA) is 94.6 Å². The monoisotopic (exact) mass is 458 g/mol. The normalized spacial score (nSPS) is 11.4. The molecule has 7 nitrogen and oxygen atoms in total. The Labute approximate surface area is 184 Å². The average Bonchev–Trinajstić information content (AvgIpc) is 3.44. The van der Waals surface area contributed by atoms with Crippen molar-refractivity contribution in [3.63, 3.8) is 0 Å². The third kappa shape index (κ3) is 4.60. The smallest absolute Gasteiger partial charge is 0.234 e. The van der Waals surface area contributed by atoms with Crippen molar-refractivity contribution >= 4 is 27.3 Å². The highest BCUT2D eigenvalue weighted by molar-refractivity contribution is 7.91. The Balaban J connectivity index is 1.73. The number of rotatable bonds is 8. The summed E-state index contributed by atoms with van der Waals surface area (Å²) in [6, 6.07) is 16.4. The molecule has 0 amide bonds. The van der Waals surface area contributed by atoms with Gasteiger partial charge < -0.3 is 18.9 Å². The van der Waals surface area contributed by atoms with Gasteiger partial charge in [0.1, 0.15) is 11.5 Å². The summed E-state index contributed by atoms with van der Waals surface area (Å²) < 4.78 is 43.1. The van der Waals surface area contributed by atoms with Crippen molar-refractivity contribution in [2.24, 2.45) is 0 Å². The third-order valence-corrected chi connectivity index (χ3v) is 6.32. The molecule has 0 bridgehead atoms. The van der Waals surface area contributed by atoms with Crippen LogP contribution in [0, 0.1) is 0 Å². The number of hydrogen-bond donors (Lipinski definition) is 1. The number of nitrogens with one attached hydrogen (secondary N) is 1. The molecule has 0 unspecified atom stereocenters. The minimum Gasteiger partial charge on any atom is -0.494 e. The molecule has 0 saturated heterocycles. The lowest BCUT2D eigenvalue weighted by molar-refractivity contribution is 0.340. The first kappa shape index (κ1) is 21.0. The van der Waals surface area contributed by atoms with E-state index >= 15 is 0 Å². The van der Waals surface area contributed by atoms with Crippen LogP contribution >= 0.6 is 11.6 Å². The van der Waals surface area contributed by atoms with Gasteiger partial charge in [-0.25, -0.2) is 8.42 Å². The van der Waals surface area contributed by atoms with Gasteiger partial charge in [0.15, 0.2) is 0 Å². The van der Waals surface area contributed by atoms with Crippen molar-refractivity contribution in [3.8, 4) is 17.2 Å². The van der Waals surface area contributed by atoms with Crippen LogP contribution in [0.1, 0.15) is 12.7 Å². The first-order chi connectivity index (χ1) is 15.0. The number of hydrogen-bond acceptors (Lipinski definition) is 7. The van der Waals surface area contributed by atoms with E-state index in [-0.39, 0.29) is 28.2 Å². The van der Waals surface area contributed by atoms with E-state index in [4.69, 9.17) is 25.2 Å². The predicted molar refractivity (Wildman–Crippen MR) is 116 cm³/mol. The Kier molecular flexibility index (Phi) is 6.01. The van der Waals surface area contributed by atoms with Crippen LogP contribution in [0.2, 0.25) is 5.02 Å². The van der Waals surface area contributed by atoms with Crippen molar-refractivity contribution in [2.45, 2.75) is 23.4 Å². The molecule has 2 aromatic heterocycles. The maximum absolute atomic E-state index is 13.3. The molecular formula is C22H19ClN2O5S. The number of nitrogens with zero attached hydrogens (tertiary/aromatic N) is 1. The summed E-state index contributed by atoms with van der Waals surface area (Å²) in [5.41, 5.74) is 0.613. The number of aromatic nitrogens is 1. The molecule has 160 valence electrons. The molecule has 0 aliphatic heterocycles. The fourth-order valence-corrected chi connectivity index (χ4v) is 4.29. The molecule has 0 radical (unpaired) electrons. The summed E-state index contributed by atoms with van der Waals surface area (Å²) in [6.07, 6.45) is 1.54. The van der Waals surface area contributed by atoms with Crippen molar-refractivity contribution in [1.29, 1.82) is 0 Å². The summed E-state index contributed by atoms with van der Waals surface area (Å²) in [7, 11) is -3.96. The molecule has 0 spiro atoms. The summed E-state index contributed by atoms with van der Waals surface area (Å²) >= 11 is 5.90. The highest BCUT2D eigenvalue weighted by atomic mass is 35.5. The van der Waals surface area contributed by atoms with Gasteiger partial charge in [-0.05, 0) is 67.6 Å². The van der Waals surface area contributed by atoms with Crippen molar-refractivity contribution < 1.29 is 22.0 Å². The summed E-state index contributed by atoms with van der Waals surface area (Å²) in [4.78, 5) is 4.36. The first-order valence-electron chi connectivity index (χ1n) is 9.48. The second-order valence-electron chi connectivity index (χ2n) is 6.50. The van der Waals surface area contributed by atoms with E-state index in [2.05, 4.69) is 10.3 Å². The highest BCUT2D eigenvalue weighted by Crippen LogP contribution is 2.33. The summed E-state index contributed by atoms with van der Waals surface area (Å²) in [6.45, 7) is 2.67. The molecule has 31 heavy (non-hydrogen) atoms. The molecule has 2 heterocycles. The Morgan fingerprint density at radius 2 is 1.81 bits per heavy atom. The van der Waals surface area contributed by atoms with E-state index in [1.54, 1.807) is 36.4 Å². The largest absolute Gasteiger partial charge is 0.494 e. The van der Waals surface area contributed by atoms with Crippen LogP contribution in [-0.4, -0.2) is 20.0 Å². The van der Waals surface area contributed by atoms with Gasteiger partial charge in [-0.1, -0.05) is 11.6 Å². The fraction of sp³-hybridized carbons (Fsp3) is 0.136. The summed E-state index contributed by atoms with van der Waals surface area (Å²) in [5.74, 6) is 1.50. The third-order valence-electron chi connectivity index (χ3n) is 4.39. The van der Waals surface area contributed by atoms with Crippen LogP contribution in [0.5, 0.6) is 5.75 Å². The lowest BCUT2D eigenvalue weighted by Gasteiger charge is -2.05. The molecule has 0 atom stereocenters. The van der Waals surface area contributed by atoms with Crippen molar-refractivity contribution in [1.82, 2.24) is 4.98 Å². The van der Waals surface area contributed by atoms with Gasteiger partial charge in [-0.3, -0.25) is 0 Å². The van der Waals surface area contributed by atoms with Gasteiger partial charge >= 0.3 is 0 Å². The molecule has 4 rings (SSSR count). The van der Waals surface area contributed by atoms with Gasteiger partial charge in [-0.2, -0.15) is 4.98 Å². The molecule has 2 aromatic carbocycles. The maximum atomic E-state index is 13.3. The Morgan fingerprint density at radius 1 is 1.06 bits per heavy atom. The van der Waals surface area contributed by atoms with Crippen LogP contribution in [-0.2, 0) is 16.4 Å². The average molecular weight is 459 g/mol. The van der Waals surface area contributed by atoms with E-state index in [0.717, 1.165) is 0 Å². The Bertz CT molecular complexity index is 1250. The van der Waals surface area contributed by atoms with Crippen molar-refractivity contribution in [3.05, 3.63) is 77.7 Å². The van der Waals surface area contributed by atoms with Gasteiger partial charge in [0.2, 0.25) is 26.6 Å². The SMILES string of the molecule is CCOc1ccc(-c2nc(S(=O)(=O)c3ccc(Cl)cc3)c(NCc3ccco3)o2)cc1. The molecule has 0 aliphatic carbocycles. The minimum absolute atomic E-state index is 0.0234. The Morgan fingerprint density at radius 3 is 2.45 bits per heavy atom. The highest BCUT2D eigenvalue weighted by Gasteiger charge is 2.28. The Hall–Kier alpha value is -3.23. The molecule has 0 fully saturated rings. The van der Waals surface area contributed by atoms with Gasteiger partial charge in [0.05, 0.1) is 24.3 Å². The fourth-order valence-electron chi connectivity index (χ4n) is 2.89. The molecule has 0 aliphatic rings. The van der Waals surface area contributed by atoms with Gasteiger partial charge in [0, 0.05) is 10.6 Å². The van der Waals surface area contributed by atoms with Crippen LogP contribution < -0.4 is 10.1 Å². The molecule has 4 aromatic rings. The molecule has 9 heteroatoms. The molecule has 0 saturated carbocycles. The predicted octanol–water partition coefficient (Wildman–Crippen LogP) is 5.43. The minimum atomic E-state index is -3.96. The molecular weight excluding hydrogens is 440 g/mol. The van der Waals surface area contributed by atoms with Crippen LogP contribution in [0.3, 0.4) is 0 Å². The van der Waals surface area contributed by atoms with E-state index in [1.165, 1.54) is 30.5 Å². The van der Waals surface area contributed by atoms with Crippen LogP contribution in [0.4, 0.5) is 5.88 Å². The van der Waals surface area contributed by atoms with Gasteiger partial charge in [-0.15, -0.1) is 0 Å². The quantitative estimate of drug-likeness (QED) is 0.376. The van der Waals surface area contributed by atoms with E-state index < -0.39 is 9.84 Å². The molecule has 1 N–H and O–H groups in total. The van der Waals surface area contributed by atoms with Crippen molar-refractivity contribution in [2.75, 3.05) is 11.9 Å². The van der Waals surface area contributed by atoms with Crippen LogP contribution in [0.15, 0.2) is 85.7 Å². The second-order valence-corrected chi connectivity index (χ2v) is 8.80. The van der Waals surface area contributed by atoms with E-state index in [9.17, 15) is 8.42 Å². The zero-order valence-corrected chi connectivity index (χ0v) is 18.1. The number of halogens is 1. The maximum Gasteiger partial charge on any atom is 0.234 e. The summed E-state index contributed by atoms with van der Waals surface area (Å²) in [5, 5.41) is 3.19. The number of furan rings is 1. The lowest BCUT2D eigenvalue weighted by atomic mass is 10.2. The van der Waals surface area contributed by atoms with Gasteiger partial charge in [0.25, 0.3) is 0 Å². The van der Waals surface area contributed by atoms with E-state index in [1.807, 2.05) is 6.92 Å². The zero-order valence-electron chi connectivity index (χ0n) is 16.5. The number of anilines is 1. The number of benzene rings is 2. The first-order valence-corrected chi connectivity index (χ1v) is 11.3. The number of sulfone groups is 1. The van der Waals surface area contributed by atoms with E-state index in [0.29, 0.717) is 28.7 Å².